The number of hydrogen-bond donors (Lipinski definition) is 2. The van der Waals surface area contributed by atoms with Gasteiger partial charge in [0.15, 0.2) is 29.6 Å². The van der Waals surface area contributed by atoms with Gasteiger partial charge in [-0.2, -0.15) is 0 Å². The zero-order valence-electron chi connectivity index (χ0n) is 28.2. The number of nitrogens with zero attached hydrogens (tertiary/aromatic N) is 1. The van der Waals surface area contributed by atoms with Gasteiger partial charge in [-0.05, 0) is 53.3 Å². The van der Waals surface area contributed by atoms with Crippen LogP contribution in [-0.4, -0.2) is 54.9 Å². The van der Waals surface area contributed by atoms with Crippen LogP contribution in [0.4, 0.5) is 22.0 Å². The quantitative estimate of drug-likeness (QED) is 0.0962. The predicted molar refractivity (Wildman–Crippen MR) is 179 cm³/mol. The molecule has 5 unspecified atom stereocenters. The molecule has 0 saturated carbocycles. The largest absolute Gasteiger partial charge is 0.392 e. The highest BCUT2D eigenvalue weighted by molar-refractivity contribution is 5.94. The number of ether oxygens (including phenoxy) is 3. The number of likely N-dealkylation sites (tertiary alicyclic amines) is 1. The summed E-state index contributed by atoms with van der Waals surface area (Å²) < 4.78 is 87.7. The van der Waals surface area contributed by atoms with Crippen molar-refractivity contribution >= 4 is 5.91 Å². The number of halogens is 5. The molecule has 0 aliphatic carbocycles. The third-order valence-electron chi connectivity index (χ3n) is 9.73. The molecule has 0 radical (unpaired) electrons. The van der Waals surface area contributed by atoms with Crippen LogP contribution in [0.3, 0.4) is 0 Å². The van der Waals surface area contributed by atoms with Crippen molar-refractivity contribution in [2.45, 2.75) is 57.5 Å². The monoisotopic (exact) mass is 710 g/mol. The minimum Gasteiger partial charge on any atom is -0.392 e. The molecule has 1 amide bonds. The van der Waals surface area contributed by atoms with E-state index >= 15 is 0 Å². The third kappa shape index (κ3) is 7.85. The van der Waals surface area contributed by atoms with E-state index in [1.165, 1.54) is 0 Å². The molecule has 0 aromatic heterocycles. The second kappa shape index (κ2) is 16.0. The van der Waals surface area contributed by atoms with E-state index in [4.69, 9.17) is 14.2 Å². The number of nitrogens with one attached hydrogen (secondary N) is 1. The molecule has 2 N–H and O–H groups in total. The standard InChI is InChI=1S/C39H39F5N2O5/c1-22-30(19-46-16-4-7-29(46)21-49-2)50-39(51-37(22)26-10-8-23(20-47)9-11-26)27-14-12-25(13-15-27)28-6-3-5-24(17-28)18-45-38(48)31-32(40)34(42)36(44)35(43)33(31)41/h3,5-6,8-15,17,22,29-30,37,39,47H,4,7,16,18-21H2,1-2H3,(H,45,48). The smallest absolute Gasteiger partial charge is 0.257 e. The maximum atomic E-state index is 14.1. The van der Waals surface area contributed by atoms with Gasteiger partial charge in [0.25, 0.3) is 5.91 Å². The number of benzene rings is 4. The number of carbonyl (C=O) groups excluding carboxylic acids is 1. The maximum absolute atomic E-state index is 14.1. The highest BCUT2D eigenvalue weighted by Gasteiger charge is 2.40. The molecule has 2 aliphatic heterocycles. The lowest BCUT2D eigenvalue weighted by Gasteiger charge is -2.43. The summed E-state index contributed by atoms with van der Waals surface area (Å²) in [6.45, 7) is 4.22. The van der Waals surface area contributed by atoms with Gasteiger partial charge in [0.1, 0.15) is 5.56 Å². The zero-order chi connectivity index (χ0) is 36.2. The minimum atomic E-state index is -2.33. The van der Waals surface area contributed by atoms with Gasteiger partial charge in [0.2, 0.25) is 5.82 Å². The van der Waals surface area contributed by atoms with E-state index in [-0.39, 0.29) is 31.3 Å². The van der Waals surface area contributed by atoms with Crippen molar-refractivity contribution in [3.8, 4) is 11.1 Å². The van der Waals surface area contributed by atoms with Crippen molar-refractivity contribution in [2.24, 2.45) is 5.92 Å². The fourth-order valence-electron chi connectivity index (χ4n) is 6.84. The van der Waals surface area contributed by atoms with Crippen molar-refractivity contribution in [3.05, 3.63) is 130 Å². The summed E-state index contributed by atoms with van der Waals surface area (Å²) in [6.07, 6.45) is 1.11. The second-order valence-electron chi connectivity index (χ2n) is 13.0. The van der Waals surface area contributed by atoms with Crippen LogP contribution >= 0.6 is 0 Å². The molecule has 4 aromatic rings. The van der Waals surface area contributed by atoms with E-state index in [0.29, 0.717) is 18.2 Å². The summed E-state index contributed by atoms with van der Waals surface area (Å²) in [5.74, 6) is -12.5. The summed E-state index contributed by atoms with van der Waals surface area (Å²) in [6, 6.07) is 22.7. The highest BCUT2D eigenvalue weighted by Crippen LogP contribution is 2.42. The number of amides is 1. The van der Waals surface area contributed by atoms with Crippen LogP contribution in [0.5, 0.6) is 0 Å². The molecular formula is C39H39F5N2O5. The first-order valence-electron chi connectivity index (χ1n) is 16.8. The van der Waals surface area contributed by atoms with E-state index in [1.807, 2.05) is 54.6 Å². The zero-order valence-corrected chi connectivity index (χ0v) is 28.2. The first-order chi connectivity index (χ1) is 24.6. The molecule has 12 heteroatoms. The van der Waals surface area contributed by atoms with Gasteiger partial charge in [0, 0.05) is 37.7 Å². The average Bonchev–Trinajstić information content (AvgIpc) is 3.59. The first-order valence-corrected chi connectivity index (χ1v) is 16.8. The van der Waals surface area contributed by atoms with E-state index < -0.39 is 46.8 Å². The molecule has 7 nitrogen and oxygen atoms in total. The van der Waals surface area contributed by atoms with Gasteiger partial charge in [-0.25, -0.2) is 22.0 Å². The van der Waals surface area contributed by atoms with Gasteiger partial charge in [-0.15, -0.1) is 0 Å². The highest BCUT2D eigenvalue weighted by atomic mass is 19.2. The maximum Gasteiger partial charge on any atom is 0.257 e. The van der Waals surface area contributed by atoms with Gasteiger partial charge in [-0.1, -0.05) is 73.7 Å². The molecule has 2 heterocycles. The molecule has 2 saturated heterocycles. The molecule has 6 rings (SSSR count). The van der Waals surface area contributed by atoms with E-state index in [9.17, 15) is 31.9 Å². The summed E-state index contributed by atoms with van der Waals surface area (Å²) in [5.41, 5.74) is 3.20. The lowest BCUT2D eigenvalue weighted by Crippen LogP contribution is -2.46. The Morgan fingerprint density at radius 1 is 0.863 bits per heavy atom. The Labute approximate surface area is 292 Å². The predicted octanol–water partition coefficient (Wildman–Crippen LogP) is 7.37. The van der Waals surface area contributed by atoms with Crippen molar-refractivity contribution < 1.29 is 46.1 Å². The second-order valence-corrected chi connectivity index (χ2v) is 13.0. The van der Waals surface area contributed by atoms with Crippen molar-refractivity contribution in [1.29, 1.82) is 0 Å². The van der Waals surface area contributed by atoms with Crippen LogP contribution in [0.2, 0.25) is 0 Å². The average molecular weight is 711 g/mol. The normalized spacial score (nSPS) is 22.3. The number of aliphatic hydroxyl groups excluding tert-OH is 1. The van der Waals surface area contributed by atoms with Gasteiger partial charge >= 0.3 is 0 Å². The molecule has 51 heavy (non-hydrogen) atoms. The molecule has 0 spiro atoms. The van der Waals surface area contributed by atoms with E-state index in [1.54, 1.807) is 25.3 Å². The number of methoxy groups -OCH3 is 1. The Morgan fingerprint density at radius 2 is 1.53 bits per heavy atom. The van der Waals surface area contributed by atoms with Gasteiger partial charge in [0.05, 0.1) is 25.4 Å². The topological polar surface area (TPSA) is 80.3 Å². The van der Waals surface area contributed by atoms with Crippen molar-refractivity contribution in [3.63, 3.8) is 0 Å². The molecule has 0 bridgehead atoms. The minimum absolute atomic E-state index is 0.0293. The number of carbonyl (C=O) groups is 1. The summed E-state index contributed by atoms with van der Waals surface area (Å²) in [7, 11) is 1.72. The molecule has 5 atom stereocenters. The fourth-order valence-corrected chi connectivity index (χ4v) is 6.84. The van der Waals surface area contributed by atoms with E-state index in [2.05, 4.69) is 17.1 Å². The van der Waals surface area contributed by atoms with Crippen molar-refractivity contribution in [2.75, 3.05) is 26.8 Å². The van der Waals surface area contributed by atoms with Crippen LogP contribution in [0.25, 0.3) is 11.1 Å². The van der Waals surface area contributed by atoms with Crippen molar-refractivity contribution in [1.82, 2.24) is 10.2 Å². The fraction of sp³-hybridized carbons (Fsp3) is 0.359. The first kappa shape index (κ1) is 36.6. The van der Waals surface area contributed by atoms with Gasteiger partial charge in [-0.3, -0.25) is 9.69 Å². The summed E-state index contributed by atoms with van der Waals surface area (Å²) >= 11 is 0. The third-order valence-corrected chi connectivity index (χ3v) is 9.73. The van der Waals surface area contributed by atoms with E-state index in [0.717, 1.165) is 53.7 Å². The number of hydrogen-bond acceptors (Lipinski definition) is 6. The summed E-state index contributed by atoms with van der Waals surface area (Å²) in [5, 5.41) is 11.8. The lowest BCUT2D eigenvalue weighted by atomic mass is 9.89. The number of rotatable bonds is 11. The van der Waals surface area contributed by atoms with Crippen LogP contribution < -0.4 is 5.32 Å². The Kier molecular flexibility index (Phi) is 11.5. The Bertz CT molecular complexity index is 1810. The van der Waals surface area contributed by atoms with Gasteiger partial charge < -0.3 is 24.6 Å². The Hall–Kier alpha value is -4.20. The van der Waals surface area contributed by atoms with Crippen LogP contribution in [0.1, 0.15) is 64.8 Å². The molecule has 2 aliphatic rings. The van der Waals surface area contributed by atoms with Crippen LogP contribution in [0.15, 0.2) is 72.8 Å². The Balaban J connectivity index is 1.18. The molecule has 2 fully saturated rings. The van der Waals surface area contributed by atoms with Crippen LogP contribution in [0, 0.1) is 35.0 Å². The summed E-state index contributed by atoms with van der Waals surface area (Å²) in [4.78, 5) is 14.9. The molecule has 4 aromatic carbocycles. The SMILES string of the molecule is COCC1CCCN1CC1OC(c2ccc(-c3cccc(CNC(=O)c4c(F)c(F)c(F)c(F)c4F)c3)cc2)OC(c2ccc(CO)cc2)C1C. The molecular weight excluding hydrogens is 671 g/mol. The Morgan fingerprint density at radius 3 is 2.20 bits per heavy atom. The van der Waals surface area contributed by atoms with Crippen LogP contribution in [-0.2, 0) is 27.4 Å². The number of aliphatic hydroxyl groups is 1. The lowest BCUT2D eigenvalue weighted by molar-refractivity contribution is -0.276. The molecule has 270 valence electrons.